The van der Waals surface area contributed by atoms with Crippen molar-refractivity contribution in [3.8, 4) is 21.7 Å². The summed E-state index contributed by atoms with van der Waals surface area (Å²) >= 11 is 3.52. The first-order valence-corrected chi connectivity index (χ1v) is 10.9. The molecule has 2 aromatic carbocycles. The van der Waals surface area contributed by atoms with Gasteiger partial charge < -0.3 is 0 Å². The van der Waals surface area contributed by atoms with Gasteiger partial charge in [0.2, 0.25) is 0 Å². The summed E-state index contributed by atoms with van der Waals surface area (Å²) in [6, 6.07) is 17.3. The number of hydrogen-bond acceptors (Lipinski definition) is 3. The number of thiazole rings is 1. The van der Waals surface area contributed by atoms with Gasteiger partial charge in [-0.25, -0.2) is 4.98 Å². The van der Waals surface area contributed by atoms with Crippen molar-refractivity contribution in [2.24, 2.45) is 0 Å². The van der Waals surface area contributed by atoms with E-state index in [0.717, 1.165) is 10.7 Å². The molecule has 134 valence electrons. The van der Waals surface area contributed by atoms with E-state index >= 15 is 0 Å². The summed E-state index contributed by atoms with van der Waals surface area (Å²) < 4.78 is 0. The molecule has 0 atom stereocenters. The van der Waals surface area contributed by atoms with E-state index in [-0.39, 0.29) is 0 Å². The fourth-order valence-electron chi connectivity index (χ4n) is 2.27. The maximum absolute atomic E-state index is 4.75. The van der Waals surface area contributed by atoms with Gasteiger partial charge in [0, 0.05) is 10.5 Å². The van der Waals surface area contributed by atoms with E-state index in [2.05, 4.69) is 68.6 Å². The number of aryl methyl sites for hydroxylation is 2. The minimum absolute atomic E-state index is 1.09. The second-order valence-corrected chi connectivity index (χ2v) is 7.09. The molecule has 3 heteroatoms. The molecular formula is C22H29NS2. The van der Waals surface area contributed by atoms with Crippen LogP contribution in [0.1, 0.15) is 38.3 Å². The van der Waals surface area contributed by atoms with E-state index in [0.29, 0.717) is 0 Å². The molecule has 0 aliphatic rings. The van der Waals surface area contributed by atoms with Gasteiger partial charge in [-0.15, -0.1) is 23.1 Å². The Morgan fingerprint density at radius 1 is 0.760 bits per heavy atom. The largest absolute Gasteiger partial charge is 0.241 e. The normalized spacial score (nSPS) is 9.56. The number of thioether (sulfide) groups is 1. The number of aromatic nitrogens is 1. The minimum Gasteiger partial charge on any atom is -0.241 e. The molecule has 0 saturated heterocycles. The Bertz CT molecular complexity index is 741. The standard InChI is InChI=1S/C18H17NS2.2C2H6/c1-12-4-6-15(7-5-12)18-17(19-13(2)21-18)14-8-10-16(20-3)11-9-14;2*1-2/h4-11H,1-3H3;2*1-2H3. The van der Waals surface area contributed by atoms with Crippen molar-refractivity contribution >= 4 is 23.1 Å². The lowest BCUT2D eigenvalue weighted by molar-refractivity contribution is 1.29. The zero-order valence-electron chi connectivity index (χ0n) is 16.4. The number of nitrogens with zero attached hydrogens (tertiary/aromatic N) is 1. The van der Waals surface area contributed by atoms with Crippen molar-refractivity contribution < 1.29 is 0 Å². The molecule has 0 unspecified atom stereocenters. The molecular weight excluding hydrogens is 342 g/mol. The first-order valence-electron chi connectivity index (χ1n) is 8.86. The fraction of sp³-hybridized carbons (Fsp3) is 0.318. The Morgan fingerprint density at radius 2 is 1.28 bits per heavy atom. The van der Waals surface area contributed by atoms with E-state index in [1.54, 1.807) is 23.1 Å². The van der Waals surface area contributed by atoms with Crippen LogP contribution in [0.3, 0.4) is 0 Å². The first-order chi connectivity index (χ1) is 12.2. The SMILES string of the molecule is CC.CC.CSc1ccc(-c2nc(C)sc2-c2ccc(C)cc2)cc1. The topological polar surface area (TPSA) is 12.9 Å². The van der Waals surface area contributed by atoms with Crippen molar-refractivity contribution in [1.82, 2.24) is 4.98 Å². The Morgan fingerprint density at radius 3 is 1.80 bits per heavy atom. The van der Waals surface area contributed by atoms with Gasteiger partial charge in [0.1, 0.15) is 0 Å². The molecule has 0 aliphatic carbocycles. The van der Waals surface area contributed by atoms with Gasteiger partial charge in [0.15, 0.2) is 0 Å². The molecule has 0 radical (unpaired) electrons. The molecule has 3 rings (SSSR count). The second-order valence-electron chi connectivity index (χ2n) is 5.01. The molecule has 1 heterocycles. The summed E-state index contributed by atoms with van der Waals surface area (Å²) in [7, 11) is 0. The molecule has 1 aromatic heterocycles. The van der Waals surface area contributed by atoms with Crippen LogP contribution in [0.25, 0.3) is 21.7 Å². The van der Waals surface area contributed by atoms with Gasteiger partial charge in [0.25, 0.3) is 0 Å². The lowest BCUT2D eigenvalue weighted by atomic mass is 10.1. The molecule has 0 bridgehead atoms. The van der Waals surface area contributed by atoms with Crippen molar-refractivity contribution in [1.29, 1.82) is 0 Å². The Hall–Kier alpha value is -1.58. The van der Waals surface area contributed by atoms with Gasteiger partial charge in [-0.2, -0.15) is 0 Å². The molecule has 3 aromatic rings. The second kappa shape index (κ2) is 11.1. The average molecular weight is 372 g/mol. The summed E-state index contributed by atoms with van der Waals surface area (Å²) in [6.45, 7) is 12.2. The Labute approximate surface area is 161 Å². The fourth-order valence-corrected chi connectivity index (χ4v) is 3.63. The van der Waals surface area contributed by atoms with Gasteiger partial charge >= 0.3 is 0 Å². The van der Waals surface area contributed by atoms with Crippen LogP contribution in [0.15, 0.2) is 53.4 Å². The van der Waals surface area contributed by atoms with Crippen LogP contribution in [0.4, 0.5) is 0 Å². The van der Waals surface area contributed by atoms with Crippen molar-refractivity contribution in [3.63, 3.8) is 0 Å². The zero-order valence-corrected chi connectivity index (χ0v) is 18.0. The van der Waals surface area contributed by atoms with Crippen LogP contribution >= 0.6 is 23.1 Å². The summed E-state index contributed by atoms with van der Waals surface area (Å²) in [5.74, 6) is 0. The number of hydrogen-bond donors (Lipinski definition) is 0. The minimum atomic E-state index is 1.09. The van der Waals surface area contributed by atoms with Crippen LogP contribution in [0.2, 0.25) is 0 Å². The summed E-state index contributed by atoms with van der Waals surface area (Å²) in [5, 5.41) is 1.11. The smallest absolute Gasteiger partial charge is 0.0908 e. The summed E-state index contributed by atoms with van der Waals surface area (Å²) in [4.78, 5) is 7.28. The highest BCUT2D eigenvalue weighted by Gasteiger charge is 2.13. The molecule has 0 saturated carbocycles. The highest BCUT2D eigenvalue weighted by molar-refractivity contribution is 7.98. The third-order valence-corrected chi connectivity index (χ3v) is 5.17. The van der Waals surface area contributed by atoms with Gasteiger partial charge in [-0.1, -0.05) is 69.7 Å². The maximum Gasteiger partial charge on any atom is 0.0908 e. The van der Waals surface area contributed by atoms with Gasteiger partial charge in [-0.3, -0.25) is 0 Å². The highest BCUT2D eigenvalue weighted by atomic mass is 32.2. The maximum atomic E-state index is 4.75. The highest BCUT2D eigenvalue weighted by Crippen LogP contribution is 2.37. The van der Waals surface area contributed by atoms with Crippen molar-refractivity contribution in [3.05, 3.63) is 59.1 Å². The van der Waals surface area contributed by atoms with Crippen LogP contribution in [0, 0.1) is 13.8 Å². The number of benzene rings is 2. The third kappa shape index (κ3) is 5.72. The van der Waals surface area contributed by atoms with E-state index in [1.165, 1.54) is 26.5 Å². The molecule has 0 fully saturated rings. The molecule has 25 heavy (non-hydrogen) atoms. The predicted octanol–water partition coefficient (Wildman–Crippen LogP) is 7.87. The first kappa shape index (κ1) is 21.5. The number of rotatable bonds is 3. The quantitative estimate of drug-likeness (QED) is 0.434. The van der Waals surface area contributed by atoms with Crippen LogP contribution < -0.4 is 0 Å². The van der Waals surface area contributed by atoms with Crippen LogP contribution in [0.5, 0.6) is 0 Å². The van der Waals surface area contributed by atoms with Gasteiger partial charge in [0.05, 0.1) is 15.6 Å². The third-order valence-electron chi connectivity index (χ3n) is 3.41. The van der Waals surface area contributed by atoms with Crippen molar-refractivity contribution in [2.75, 3.05) is 6.26 Å². The van der Waals surface area contributed by atoms with Crippen molar-refractivity contribution in [2.45, 2.75) is 46.4 Å². The molecule has 0 spiro atoms. The lowest BCUT2D eigenvalue weighted by Gasteiger charge is -2.04. The van der Waals surface area contributed by atoms with E-state index in [4.69, 9.17) is 4.98 Å². The Kier molecular flexibility index (Phi) is 9.54. The molecule has 0 N–H and O–H groups in total. The van der Waals surface area contributed by atoms with Crippen LogP contribution in [-0.4, -0.2) is 11.2 Å². The molecule has 0 aliphatic heterocycles. The van der Waals surface area contributed by atoms with E-state index in [1.807, 2.05) is 27.7 Å². The Balaban J connectivity index is 0.000000730. The van der Waals surface area contributed by atoms with E-state index in [9.17, 15) is 0 Å². The monoisotopic (exact) mass is 371 g/mol. The summed E-state index contributed by atoms with van der Waals surface area (Å²) in [5.41, 5.74) is 4.81. The molecule has 0 amide bonds. The molecule has 1 nitrogen and oxygen atoms in total. The average Bonchev–Trinajstić information content (AvgIpc) is 3.07. The predicted molar refractivity (Wildman–Crippen MR) is 117 cm³/mol. The van der Waals surface area contributed by atoms with E-state index < -0.39 is 0 Å². The van der Waals surface area contributed by atoms with Gasteiger partial charge in [-0.05, 0) is 37.8 Å². The lowest BCUT2D eigenvalue weighted by Crippen LogP contribution is -1.83. The summed E-state index contributed by atoms with van der Waals surface area (Å²) in [6.07, 6.45) is 2.10. The van der Waals surface area contributed by atoms with Crippen LogP contribution in [-0.2, 0) is 0 Å². The zero-order chi connectivity index (χ0) is 18.8.